The molecule has 0 saturated carbocycles. The minimum Gasteiger partial charge on any atom is -0.478 e. The number of carbonyl (C=O) groups is 2. The molecule has 17 heavy (non-hydrogen) atoms. The van der Waals surface area contributed by atoms with Gasteiger partial charge in [-0.05, 0) is 35.5 Å². The Morgan fingerprint density at radius 2 is 2.00 bits per heavy atom. The highest BCUT2D eigenvalue weighted by Crippen LogP contribution is 2.27. The predicted octanol–water partition coefficient (Wildman–Crippen LogP) is 1.95. The van der Waals surface area contributed by atoms with E-state index in [2.05, 4.69) is 4.99 Å². The molecule has 0 radical (unpaired) electrons. The van der Waals surface area contributed by atoms with Gasteiger partial charge < -0.3 is 10.8 Å². The zero-order valence-electron chi connectivity index (χ0n) is 8.58. The number of nitrogens with zero attached hydrogens (tertiary/aromatic N) is 1. The summed E-state index contributed by atoms with van der Waals surface area (Å²) in [6.45, 7) is 0. The summed E-state index contributed by atoms with van der Waals surface area (Å²) in [6, 6.07) is 6.27. The number of benzene rings is 1. The third-order valence-corrected chi connectivity index (χ3v) is 2.93. The van der Waals surface area contributed by atoms with Crippen LogP contribution in [0.2, 0.25) is 0 Å². The number of amidine groups is 1. The number of aromatic carboxylic acids is 1. The summed E-state index contributed by atoms with van der Waals surface area (Å²) < 4.78 is 0. The van der Waals surface area contributed by atoms with Crippen LogP contribution in [0.3, 0.4) is 0 Å². The molecule has 3 N–H and O–H groups in total. The van der Waals surface area contributed by atoms with Crippen LogP contribution in [0.1, 0.15) is 15.9 Å². The highest BCUT2D eigenvalue weighted by Gasteiger charge is 2.18. The Bertz CT molecular complexity index is 546. The lowest BCUT2D eigenvalue weighted by Crippen LogP contribution is -2.08. The minimum absolute atomic E-state index is 0.197. The lowest BCUT2D eigenvalue weighted by Gasteiger charge is -1.98. The van der Waals surface area contributed by atoms with Crippen molar-refractivity contribution in [3.63, 3.8) is 0 Å². The first-order valence-corrected chi connectivity index (χ1v) is 5.49. The fraction of sp³-hybridized carbons (Fsp3) is 0. The van der Waals surface area contributed by atoms with Gasteiger partial charge in [0.15, 0.2) is 0 Å². The Morgan fingerprint density at radius 1 is 1.35 bits per heavy atom. The van der Waals surface area contributed by atoms with E-state index in [4.69, 9.17) is 10.8 Å². The molecular formula is C11H8N2O3S. The number of hydrogen-bond acceptors (Lipinski definition) is 4. The van der Waals surface area contributed by atoms with Crippen molar-refractivity contribution in [3.8, 4) is 0 Å². The highest BCUT2D eigenvalue weighted by atomic mass is 32.2. The average molecular weight is 248 g/mol. The Hall–Kier alpha value is -2.08. The third-order valence-electron chi connectivity index (χ3n) is 2.12. The maximum atomic E-state index is 11.0. The molecular weight excluding hydrogens is 240 g/mol. The number of thioether (sulfide) groups is 1. The smallest absolute Gasteiger partial charge is 0.335 e. The van der Waals surface area contributed by atoms with Crippen molar-refractivity contribution < 1.29 is 14.7 Å². The van der Waals surface area contributed by atoms with Crippen LogP contribution in [0.25, 0.3) is 6.08 Å². The van der Waals surface area contributed by atoms with Gasteiger partial charge in [0, 0.05) is 0 Å². The van der Waals surface area contributed by atoms with Gasteiger partial charge in [-0.2, -0.15) is 4.99 Å². The Balaban J connectivity index is 2.25. The number of carboxylic acids is 1. The monoisotopic (exact) mass is 248 g/mol. The molecule has 1 aliphatic heterocycles. The van der Waals surface area contributed by atoms with Gasteiger partial charge in [0.2, 0.25) is 0 Å². The van der Waals surface area contributed by atoms with Gasteiger partial charge in [0.1, 0.15) is 5.84 Å². The van der Waals surface area contributed by atoms with Crippen molar-refractivity contribution in [1.29, 1.82) is 0 Å². The second kappa shape index (κ2) is 4.42. The SMILES string of the molecule is NC1=NC(=O)S/C1=C/c1ccc(C(=O)O)cc1. The maximum absolute atomic E-state index is 11.0. The molecule has 2 rings (SSSR count). The summed E-state index contributed by atoms with van der Waals surface area (Å²) in [6.07, 6.45) is 1.69. The third kappa shape index (κ3) is 2.54. The second-order valence-corrected chi connectivity index (χ2v) is 4.29. The van der Waals surface area contributed by atoms with Crippen molar-refractivity contribution in [2.24, 2.45) is 10.7 Å². The van der Waals surface area contributed by atoms with E-state index in [-0.39, 0.29) is 16.6 Å². The fourth-order valence-corrected chi connectivity index (χ4v) is 1.98. The maximum Gasteiger partial charge on any atom is 0.335 e. The van der Waals surface area contributed by atoms with Gasteiger partial charge in [-0.1, -0.05) is 12.1 Å². The van der Waals surface area contributed by atoms with E-state index < -0.39 is 5.97 Å². The lowest BCUT2D eigenvalue weighted by atomic mass is 10.1. The van der Waals surface area contributed by atoms with Crippen LogP contribution in [0.5, 0.6) is 0 Å². The number of hydrogen-bond donors (Lipinski definition) is 2. The van der Waals surface area contributed by atoms with E-state index in [0.29, 0.717) is 4.91 Å². The Kier molecular flexibility index (Phi) is 2.97. The molecule has 0 aromatic heterocycles. The predicted molar refractivity (Wildman–Crippen MR) is 66.0 cm³/mol. The molecule has 0 atom stereocenters. The summed E-state index contributed by atoms with van der Waals surface area (Å²) in [5.74, 6) is -0.780. The van der Waals surface area contributed by atoms with Crippen LogP contribution < -0.4 is 5.73 Å². The number of rotatable bonds is 2. The molecule has 0 aliphatic carbocycles. The van der Waals surface area contributed by atoms with Gasteiger partial charge in [-0.15, -0.1) is 0 Å². The van der Waals surface area contributed by atoms with E-state index in [0.717, 1.165) is 17.3 Å². The lowest BCUT2D eigenvalue weighted by molar-refractivity contribution is 0.0697. The van der Waals surface area contributed by atoms with Crippen molar-refractivity contribution in [2.75, 3.05) is 0 Å². The standard InChI is InChI=1S/C11H8N2O3S/c12-9-8(17-11(16)13-9)5-6-1-3-7(4-2-6)10(14)15/h1-5H,(H,14,15)(H2,12,13,16)/b8-5+. The van der Waals surface area contributed by atoms with Gasteiger partial charge in [-0.3, -0.25) is 4.79 Å². The molecule has 86 valence electrons. The first kappa shape index (κ1) is 11.4. The number of carbonyl (C=O) groups excluding carboxylic acids is 1. The summed E-state index contributed by atoms with van der Waals surface area (Å²) in [7, 11) is 0. The van der Waals surface area contributed by atoms with Crippen molar-refractivity contribution in [1.82, 2.24) is 0 Å². The van der Waals surface area contributed by atoms with Crippen LogP contribution in [0, 0.1) is 0 Å². The quantitative estimate of drug-likeness (QED) is 0.834. The van der Waals surface area contributed by atoms with E-state index in [9.17, 15) is 9.59 Å². The zero-order valence-corrected chi connectivity index (χ0v) is 9.40. The molecule has 1 amide bonds. The molecule has 6 heteroatoms. The Morgan fingerprint density at radius 3 is 2.47 bits per heavy atom. The first-order chi connectivity index (χ1) is 8.06. The topological polar surface area (TPSA) is 92.8 Å². The number of amides is 1. The Labute approximate surface area is 101 Å². The molecule has 0 saturated heterocycles. The van der Waals surface area contributed by atoms with Crippen LogP contribution in [0.15, 0.2) is 34.2 Å². The van der Waals surface area contributed by atoms with E-state index in [1.54, 1.807) is 18.2 Å². The largest absolute Gasteiger partial charge is 0.478 e. The first-order valence-electron chi connectivity index (χ1n) is 4.67. The van der Waals surface area contributed by atoms with Gasteiger partial charge in [0.05, 0.1) is 10.5 Å². The molecule has 0 fully saturated rings. The van der Waals surface area contributed by atoms with Gasteiger partial charge >= 0.3 is 11.2 Å². The fourth-order valence-electron chi connectivity index (χ4n) is 1.30. The molecule has 0 bridgehead atoms. The molecule has 0 spiro atoms. The van der Waals surface area contributed by atoms with Crippen molar-refractivity contribution in [2.45, 2.75) is 0 Å². The summed E-state index contributed by atoms with van der Waals surface area (Å²) in [5.41, 5.74) is 6.52. The van der Waals surface area contributed by atoms with Gasteiger partial charge in [0.25, 0.3) is 0 Å². The summed E-state index contributed by atoms with van der Waals surface area (Å²) >= 11 is 0.956. The molecule has 0 unspecified atom stereocenters. The number of carboxylic acid groups (broad SMARTS) is 1. The molecule has 5 nitrogen and oxygen atoms in total. The summed E-state index contributed by atoms with van der Waals surface area (Å²) in [5, 5.41) is 8.40. The van der Waals surface area contributed by atoms with E-state index in [1.807, 2.05) is 0 Å². The van der Waals surface area contributed by atoms with Crippen LogP contribution >= 0.6 is 11.8 Å². The van der Waals surface area contributed by atoms with Crippen molar-refractivity contribution >= 4 is 34.9 Å². The highest BCUT2D eigenvalue weighted by molar-refractivity contribution is 8.18. The van der Waals surface area contributed by atoms with Crippen LogP contribution in [-0.4, -0.2) is 22.2 Å². The molecule has 1 aromatic rings. The van der Waals surface area contributed by atoms with Crippen molar-refractivity contribution in [3.05, 3.63) is 40.3 Å². The number of aliphatic imine (C=N–C) groups is 1. The average Bonchev–Trinajstić information content (AvgIpc) is 2.58. The normalized spacial score (nSPS) is 17.3. The van der Waals surface area contributed by atoms with Crippen LogP contribution in [-0.2, 0) is 0 Å². The van der Waals surface area contributed by atoms with E-state index >= 15 is 0 Å². The zero-order chi connectivity index (χ0) is 12.4. The van der Waals surface area contributed by atoms with Gasteiger partial charge in [-0.25, -0.2) is 4.79 Å². The molecule has 1 aromatic carbocycles. The minimum atomic E-state index is -0.976. The molecule has 1 aliphatic rings. The van der Waals surface area contributed by atoms with Crippen LogP contribution in [0.4, 0.5) is 4.79 Å². The van der Waals surface area contributed by atoms with E-state index in [1.165, 1.54) is 12.1 Å². The number of nitrogens with two attached hydrogens (primary N) is 1. The molecule has 1 heterocycles. The summed E-state index contributed by atoms with van der Waals surface area (Å²) in [4.78, 5) is 25.8. The second-order valence-electron chi connectivity index (χ2n) is 3.30.